The van der Waals surface area contributed by atoms with Crippen molar-refractivity contribution >= 4 is 51.4 Å². The molecule has 128 valence electrons. The Morgan fingerprint density at radius 3 is 2.58 bits per heavy atom. The van der Waals surface area contributed by atoms with E-state index in [1.807, 2.05) is 54.6 Å². The van der Waals surface area contributed by atoms with Crippen LogP contribution in [-0.2, 0) is 11.3 Å². The van der Waals surface area contributed by atoms with Gasteiger partial charge in [-0.1, -0.05) is 66.2 Å². The number of carbonyl (C=O) groups excluding carboxylic acids is 2. The fourth-order valence-corrected chi connectivity index (χ4v) is 4.02. The highest BCUT2D eigenvalue weighted by molar-refractivity contribution is 8.18. The van der Waals surface area contributed by atoms with Crippen LogP contribution in [0.4, 0.5) is 4.79 Å². The molecule has 0 radical (unpaired) electrons. The summed E-state index contributed by atoms with van der Waals surface area (Å²) in [5.74, 6) is -0.270. The first-order valence-electron chi connectivity index (χ1n) is 8.09. The van der Waals surface area contributed by atoms with Crippen LogP contribution in [0, 0.1) is 0 Å². The quantitative estimate of drug-likeness (QED) is 0.545. The van der Waals surface area contributed by atoms with E-state index in [0.717, 1.165) is 33.7 Å². The second kappa shape index (κ2) is 6.98. The van der Waals surface area contributed by atoms with E-state index in [1.165, 1.54) is 4.90 Å². The van der Waals surface area contributed by atoms with Crippen LogP contribution in [0.2, 0.25) is 5.02 Å². The van der Waals surface area contributed by atoms with Crippen molar-refractivity contribution in [1.29, 1.82) is 0 Å². The minimum absolute atomic E-state index is 0.254. The molecule has 26 heavy (non-hydrogen) atoms. The van der Waals surface area contributed by atoms with E-state index in [1.54, 1.807) is 18.2 Å². The number of hydrogen-bond donors (Lipinski definition) is 0. The van der Waals surface area contributed by atoms with Crippen molar-refractivity contribution in [2.75, 3.05) is 0 Å². The summed E-state index contributed by atoms with van der Waals surface area (Å²) in [7, 11) is 0. The Labute approximate surface area is 160 Å². The summed E-state index contributed by atoms with van der Waals surface area (Å²) in [6, 6.07) is 21.1. The van der Waals surface area contributed by atoms with Gasteiger partial charge in [0.05, 0.1) is 11.4 Å². The number of hydrogen-bond acceptors (Lipinski definition) is 3. The minimum Gasteiger partial charge on any atom is -0.268 e. The van der Waals surface area contributed by atoms with E-state index in [0.29, 0.717) is 9.93 Å². The molecule has 0 bridgehead atoms. The van der Waals surface area contributed by atoms with Gasteiger partial charge in [-0.15, -0.1) is 0 Å². The number of nitrogens with zero attached hydrogens (tertiary/aromatic N) is 1. The Bertz CT molecular complexity index is 1060. The summed E-state index contributed by atoms with van der Waals surface area (Å²) >= 11 is 6.95. The lowest BCUT2D eigenvalue weighted by molar-refractivity contribution is -0.123. The highest BCUT2D eigenvalue weighted by atomic mass is 35.5. The van der Waals surface area contributed by atoms with E-state index >= 15 is 0 Å². The van der Waals surface area contributed by atoms with E-state index in [-0.39, 0.29) is 17.7 Å². The predicted octanol–water partition coefficient (Wildman–Crippen LogP) is 5.73. The molecule has 1 aliphatic heterocycles. The summed E-state index contributed by atoms with van der Waals surface area (Å²) in [4.78, 5) is 26.8. The fourth-order valence-electron chi connectivity index (χ4n) is 2.98. The molecule has 0 spiro atoms. The molecule has 0 aromatic heterocycles. The first-order chi connectivity index (χ1) is 12.6. The minimum atomic E-state index is -0.270. The lowest BCUT2D eigenvalue weighted by Gasteiger charge is -2.14. The van der Waals surface area contributed by atoms with Crippen molar-refractivity contribution in [1.82, 2.24) is 4.90 Å². The summed E-state index contributed by atoms with van der Waals surface area (Å²) < 4.78 is 0. The molecule has 4 rings (SSSR count). The maximum absolute atomic E-state index is 12.7. The Kier molecular flexibility index (Phi) is 4.53. The molecule has 2 amide bonds. The number of benzene rings is 3. The number of amides is 2. The molecule has 1 saturated heterocycles. The average Bonchev–Trinajstić information content (AvgIpc) is 2.89. The van der Waals surface area contributed by atoms with Gasteiger partial charge >= 0.3 is 0 Å². The topological polar surface area (TPSA) is 37.4 Å². The van der Waals surface area contributed by atoms with E-state index < -0.39 is 0 Å². The smallest absolute Gasteiger partial charge is 0.268 e. The zero-order valence-electron chi connectivity index (χ0n) is 13.7. The van der Waals surface area contributed by atoms with Gasteiger partial charge in [0.1, 0.15) is 0 Å². The second-order valence-electron chi connectivity index (χ2n) is 5.96. The number of thioether (sulfide) groups is 1. The fraction of sp³-hybridized carbons (Fsp3) is 0.0476. The number of halogens is 1. The van der Waals surface area contributed by atoms with Crippen LogP contribution in [0.5, 0.6) is 0 Å². The first kappa shape index (κ1) is 16.9. The normalized spacial score (nSPS) is 16.0. The third kappa shape index (κ3) is 3.26. The molecule has 3 aromatic rings. The first-order valence-corrected chi connectivity index (χ1v) is 9.29. The third-order valence-electron chi connectivity index (χ3n) is 4.23. The molecule has 0 unspecified atom stereocenters. The van der Waals surface area contributed by atoms with Gasteiger partial charge in [-0.25, -0.2) is 0 Å². The van der Waals surface area contributed by atoms with Gasteiger partial charge in [0, 0.05) is 5.02 Å². The van der Waals surface area contributed by atoms with Crippen LogP contribution < -0.4 is 0 Å². The number of fused-ring (bicyclic) bond motifs is 1. The maximum Gasteiger partial charge on any atom is 0.293 e. The molecule has 0 atom stereocenters. The average molecular weight is 380 g/mol. The zero-order valence-corrected chi connectivity index (χ0v) is 15.3. The zero-order chi connectivity index (χ0) is 18.1. The van der Waals surface area contributed by atoms with Gasteiger partial charge in [-0.05, 0) is 51.9 Å². The molecule has 0 saturated carbocycles. The van der Waals surface area contributed by atoms with E-state index in [4.69, 9.17) is 11.6 Å². The molecule has 3 aromatic carbocycles. The predicted molar refractivity (Wildman–Crippen MR) is 107 cm³/mol. The van der Waals surface area contributed by atoms with Crippen LogP contribution in [0.3, 0.4) is 0 Å². The van der Waals surface area contributed by atoms with Crippen molar-refractivity contribution in [3.05, 3.63) is 87.8 Å². The molecule has 0 aliphatic carbocycles. The lowest BCUT2D eigenvalue weighted by atomic mass is 10.0. The molecular weight excluding hydrogens is 366 g/mol. The van der Waals surface area contributed by atoms with Gasteiger partial charge < -0.3 is 0 Å². The van der Waals surface area contributed by atoms with Crippen molar-refractivity contribution in [3.63, 3.8) is 0 Å². The largest absolute Gasteiger partial charge is 0.293 e. The van der Waals surface area contributed by atoms with Gasteiger partial charge in [0.25, 0.3) is 11.1 Å². The SMILES string of the molecule is O=C1S/C(=C\c2cccc(Cl)c2)C(=O)N1Cc1cccc2ccccc12. The van der Waals surface area contributed by atoms with Crippen LogP contribution in [-0.4, -0.2) is 16.0 Å². The molecular formula is C21H14ClNO2S. The molecule has 5 heteroatoms. The Morgan fingerprint density at radius 2 is 1.73 bits per heavy atom. The Morgan fingerprint density at radius 1 is 0.962 bits per heavy atom. The maximum atomic E-state index is 12.7. The standard InChI is InChI=1S/C21H14ClNO2S/c22-17-9-3-5-14(11-17)12-19-20(24)23(21(25)26-19)13-16-8-4-7-15-6-1-2-10-18(15)16/h1-12H,13H2/b19-12-. The molecule has 1 aliphatic rings. The molecule has 0 N–H and O–H groups in total. The van der Waals surface area contributed by atoms with Crippen LogP contribution >= 0.6 is 23.4 Å². The summed E-state index contributed by atoms with van der Waals surface area (Å²) in [5, 5.41) is 2.48. The van der Waals surface area contributed by atoms with Crippen molar-refractivity contribution in [2.24, 2.45) is 0 Å². The Balaban J connectivity index is 1.63. The van der Waals surface area contributed by atoms with Crippen LogP contribution in [0.25, 0.3) is 16.8 Å². The molecule has 1 fully saturated rings. The highest BCUT2D eigenvalue weighted by Gasteiger charge is 2.35. The summed E-state index contributed by atoms with van der Waals surface area (Å²) in [5.41, 5.74) is 1.75. The van der Waals surface area contributed by atoms with E-state index in [2.05, 4.69) is 0 Å². The Hall–Kier alpha value is -2.56. The monoisotopic (exact) mass is 379 g/mol. The molecule has 1 heterocycles. The van der Waals surface area contributed by atoms with Gasteiger partial charge in [-0.2, -0.15) is 0 Å². The third-order valence-corrected chi connectivity index (χ3v) is 5.37. The summed E-state index contributed by atoms with van der Waals surface area (Å²) in [6.45, 7) is 0.263. The number of rotatable bonds is 3. The number of imide groups is 1. The van der Waals surface area contributed by atoms with Crippen molar-refractivity contribution in [3.8, 4) is 0 Å². The van der Waals surface area contributed by atoms with Crippen molar-refractivity contribution in [2.45, 2.75) is 6.54 Å². The van der Waals surface area contributed by atoms with Gasteiger partial charge in [0.15, 0.2) is 0 Å². The van der Waals surface area contributed by atoms with Crippen molar-refractivity contribution < 1.29 is 9.59 Å². The van der Waals surface area contributed by atoms with Gasteiger partial charge in [-0.3, -0.25) is 14.5 Å². The summed E-state index contributed by atoms with van der Waals surface area (Å²) in [6.07, 6.45) is 1.71. The van der Waals surface area contributed by atoms with Crippen LogP contribution in [0.1, 0.15) is 11.1 Å². The van der Waals surface area contributed by atoms with Crippen LogP contribution in [0.15, 0.2) is 71.6 Å². The van der Waals surface area contributed by atoms with Gasteiger partial charge in [0.2, 0.25) is 0 Å². The van der Waals surface area contributed by atoms with E-state index in [9.17, 15) is 9.59 Å². The highest BCUT2D eigenvalue weighted by Crippen LogP contribution is 2.34. The molecule has 3 nitrogen and oxygen atoms in total. The second-order valence-corrected chi connectivity index (χ2v) is 7.39. The lowest BCUT2D eigenvalue weighted by Crippen LogP contribution is -2.27. The number of carbonyl (C=O) groups is 2.